The number of aromatic nitrogens is 4. The smallest absolute Gasteiger partial charge is 0.473 e. The van der Waals surface area contributed by atoms with Gasteiger partial charge in [0, 0.05) is 0 Å². The second-order valence-corrected chi connectivity index (χ2v) is 13.1. The molecule has 1 fully saturated rings. The summed E-state index contributed by atoms with van der Waals surface area (Å²) in [6, 6.07) is 0.623. The SMILES string of the molecule is Nc1ncnc2c1ncn2[C@@H]1O[C@H](COP(=O)(O)OP(=O)(O)OP(=O)(O)O)C(Oc2c([N+](=O)[O-])cc([N+](=O)[O-])cc2[N+](=O)[O-])[C@@H]1O. The highest BCUT2D eigenvalue weighted by Crippen LogP contribution is 2.66. The van der Waals surface area contributed by atoms with Gasteiger partial charge in [0.15, 0.2) is 23.8 Å². The molecule has 46 heavy (non-hydrogen) atoms. The fraction of sp³-hybridized carbons (Fsp3) is 0.312. The number of non-ortho nitro benzene ring substituents is 1. The van der Waals surface area contributed by atoms with Gasteiger partial charge in [0.05, 0.1) is 39.8 Å². The maximum Gasteiger partial charge on any atom is 0.490 e. The molecule has 7 N–H and O–H groups in total. The van der Waals surface area contributed by atoms with Crippen LogP contribution in [0.2, 0.25) is 0 Å². The van der Waals surface area contributed by atoms with Gasteiger partial charge in [-0.3, -0.25) is 39.4 Å². The average Bonchev–Trinajstić information content (AvgIpc) is 3.46. The van der Waals surface area contributed by atoms with E-state index in [0.717, 1.165) is 17.2 Å². The lowest BCUT2D eigenvalue weighted by molar-refractivity contribution is -0.404. The number of nitrogen functional groups attached to an aromatic ring is 1. The summed E-state index contributed by atoms with van der Waals surface area (Å²) in [6.45, 7) is -1.32. The molecule has 1 aliphatic rings. The van der Waals surface area contributed by atoms with Gasteiger partial charge in [-0.1, -0.05) is 0 Å². The van der Waals surface area contributed by atoms with Crippen LogP contribution in [0.5, 0.6) is 5.75 Å². The Morgan fingerprint density at radius 1 is 0.935 bits per heavy atom. The van der Waals surface area contributed by atoms with Crippen LogP contribution in [0, 0.1) is 30.3 Å². The van der Waals surface area contributed by atoms with Gasteiger partial charge < -0.3 is 39.9 Å². The van der Waals surface area contributed by atoms with Crippen molar-refractivity contribution in [1.82, 2.24) is 19.5 Å². The number of benzene rings is 1. The van der Waals surface area contributed by atoms with Crippen LogP contribution in [0.25, 0.3) is 11.2 Å². The number of fused-ring (bicyclic) bond motifs is 1. The van der Waals surface area contributed by atoms with E-state index in [2.05, 4.69) is 28.1 Å². The van der Waals surface area contributed by atoms with Crippen molar-refractivity contribution in [2.75, 3.05) is 12.3 Å². The lowest BCUT2D eigenvalue weighted by Crippen LogP contribution is -2.39. The van der Waals surface area contributed by atoms with E-state index in [4.69, 9.17) is 25.0 Å². The van der Waals surface area contributed by atoms with Crippen molar-refractivity contribution < 1.29 is 75.8 Å². The standard InChI is InChI=1S/C16H17N8O19P3/c17-14-10-15(19-4-18-14)21(5-20-10)16-11(25)13(9(40-16)3-39-45(35,36)43-46(37,38)42-44(32,33)34)41-12-7(23(28)29)1-6(22(26)27)2-8(12)24(30)31/h1-2,4-5,9,11,13,16,25H,3H2,(H,35,36)(H,37,38)(H2,17,18,19)(H2,32,33,34)/t9-,11+,13?,16-/m1/s1. The molecule has 3 heterocycles. The molecular weight excluding hydrogens is 701 g/mol. The van der Waals surface area contributed by atoms with Crippen LogP contribution in [-0.4, -0.2) is 83.9 Å². The van der Waals surface area contributed by atoms with Gasteiger partial charge in [0.25, 0.3) is 11.4 Å². The summed E-state index contributed by atoms with van der Waals surface area (Å²) in [7, 11) is -17.5. The number of aliphatic hydroxyl groups excluding tert-OH is 1. The summed E-state index contributed by atoms with van der Waals surface area (Å²) in [4.78, 5) is 79.2. The van der Waals surface area contributed by atoms with Crippen LogP contribution in [0.4, 0.5) is 22.9 Å². The summed E-state index contributed by atoms with van der Waals surface area (Å²) < 4.78 is 58.7. The van der Waals surface area contributed by atoms with Gasteiger partial charge in [-0.25, -0.2) is 28.6 Å². The summed E-state index contributed by atoms with van der Waals surface area (Å²) in [5.41, 5.74) is 1.91. The lowest BCUT2D eigenvalue weighted by atomic mass is 10.1. The Hall–Kier alpha value is -4.10. The van der Waals surface area contributed by atoms with Gasteiger partial charge in [0.1, 0.15) is 24.1 Å². The molecule has 0 amide bonds. The number of ether oxygens (including phenoxy) is 2. The van der Waals surface area contributed by atoms with Crippen molar-refractivity contribution >= 4 is 57.5 Å². The molecule has 2 aromatic heterocycles. The van der Waals surface area contributed by atoms with Crippen molar-refractivity contribution in [3.8, 4) is 5.75 Å². The number of phosphoric acid groups is 3. The first kappa shape index (κ1) is 34.8. The molecule has 3 aromatic rings. The summed E-state index contributed by atoms with van der Waals surface area (Å²) in [5, 5.41) is 45.9. The minimum atomic E-state index is -5.98. The number of hydrogen-bond acceptors (Lipinski definition) is 19. The minimum Gasteiger partial charge on any atom is -0.473 e. The summed E-state index contributed by atoms with van der Waals surface area (Å²) >= 11 is 0. The molecule has 1 aromatic carbocycles. The Bertz CT molecular complexity index is 1830. The molecule has 6 atom stereocenters. The van der Waals surface area contributed by atoms with Gasteiger partial charge >= 0.3 is 34.8 Å². The lowest BCUT2D eigenvalue weighted by Gasteiger charge is -2.22. The van der Waals surface area contributed by atoms with E-state index < -0.39 is 92.2 Å². The Balaban J connectivity index is 1.74. The molecule has 250 valence electrons. The van der Waals surface area contributed by atoms with E-state index >= 15 is 0 Å². The van der Waals surface area contributed by atoms with E-state index in [1.165, 1.54) is 0 Å². The highest BCUT2D eigenvalue weighted by molar-refractivity contribution is 7.66. The first-order valence-corrected chi connectivity index (χ1v) is 16.0. The second-order valence-electron chi connectivity index (χ2n) is 8.69. The van der Waals surface area contributed by atoms with Crippen molar-refractivity contribution in [3.63, 3.8) is 0 Å². The minimum absolute atomic E-state index is 0.0193. The zero-order valence-electron chi connectivity index (χ0n) is 21.8. The van der Waals surface area contributed by atoms with Crippen molar-refractivity contribution in [2.45, 2.75) is 24.5 Å². The number of aliphatic hydroxyl groups is 1. The van der Waals surface area contributed by atoms with Gasteiger partial charge in [-0.2, -0.15) is 8.62 Å². The molecule has 0 spiro atoms. The zero-order chi connectivity index (χ0) is 34.4. The number of nitrogens with zero attached hydrogens (tertiary/aromatic N) is 7. The Morgan fingerprint density at radius 2 is 1.54 bits per heavy atom. The molecule has 0 aliphatic carbocycles. The molecule has 0 saturated carbocycles. The number of nitro benzene ring substituents is 3. The van der Waals surface area contributed by atoms with Gasteiger partial charge in [-0.15, -0.1) is 0 Å². The molecule has 3 unspecified atom stereocenters. The molecule has 27 nitrogen and oxygen atoms in total. The second kappa shape index (κ2) is 12.6. The summed E-state index contributed by atoms with van der Waals surface area (Å²) in [5.74, 6) is -1.37. The Labute approximate surface area is 251 Å². The number of rotatable bonds is 13. The highest BCUT2D eigenvalue weighted by atomic mass is 31.3. The maximum atomic E-state index is 12.3. The number of nitrogens with two attached hydrogens (primary N) is 1. The van der Waals surface area contributed by atoms with Crippen LogP contribution in [0.3, 0.4) is 0 Å². The Kier molecular flexibility index (Phi) is 9.52. The zero-order valence-corrected chi connectivity index (χ0v) is 24.5. The maximum absolute atomic E-state index is 12.3. The first-order chi connectivity index (χ1) is 21.2. The van der Waals surface area contributed by atoms with E-state index in [9.17, 15) is 58.9 Å². The number of phosphoric ester groups is 1. The third-order valence-corrected chi connectivity index (χ3v) is 9.48. The topological polar surface area (TPSA) is 398 Å². The van der Waals surface area contributed by atoms with Gasteiger partial charge in [-0.05, 0) is 0 Å². The van der Waals surface area contributed by atoms with E-state index in [1.54, 1.807) is 0 Å². The largest absolute Gasteiger partial charge is 0.490 e. The molecule has 0 bridgehead atoms. The molecule has 0 radical (unpaired) electrons. The number of imidazole rings is 1. The number of nitro groups is 3. The molecule has 30 heteroatoms. The third kappa shape index (κ3) is 7.64. The van der Waals surface area contributed by atoms with Crippen molar-refractivity contribution in [2.24, 2.45) is 0 Å². The van der Waals surface area contributed by atoms with E-state index in [0.29, 0.717) is 12.1 Å². The number of hydrogen-bond donors (Lipinski definition) is 6. The first-order valence-electron chi connectivity index (χ1n) is 11.5. The average molecular weight is 718 g/mol. The van der Waals surface area contributed by atoms with E-state index in [1.807, 2.05) is 0 Å². The molecule has 1 aliphatic heterocycles. The van der Waals surface area contributed by atoms with Crippen LogP contribution in [0.15, 0.2) is 24.8 Å². The Morgan fingerprint density at radius 3 is 2.09 bits per heavy atom. The predicted octanol–water partition coefficient (Wildman–Crippen LogP) is 0.182. The predicted molar refractivity (Wildman–Crippen MR) is 140 cm³/mol. The normalized spacial score (nSPS) is 22.6. The van der Waals surface area contributed by atoms with Crippen LogP contribution in [-0.2, 0) is 31.6 Å². The van der Waals surface area contributed by atoms with Crippen LogP contribution < -0.4 is 10.5 Å². The van der Waals surface area contributed by atoms with Gasteiger partial charge in [0.2, 0.25) is 0 Å². The van der Waals surface area contributed by atoms with Crippen LogP contribution in [0.1, 0.15) is 6.23 Å². The van der Waals surface area contributed by atoms with Crippen LogP contribution >= 0.6 is 23.5 Å². The van der Waals surface area contributed by atoms with Crippen molar-refractivity contribution in [1.29, 1.82) is 0 Å². The monoisotopic (exact) mass is 718 g/mol. The molecule has 4 rings (SSSR count). The quantitative estimate of drug-likeness (QED) is 0.0779. The highest BCUT2D eigenvalue weighted by Gasteiger charge is 2.50. The molecular formula is C16H17N8O19P3. The number of anilines is 1. The molecule has 1 saturated heterocycles. The third-order valence-electron chi connectivity index (χ3n) is 5.68. The fourth-order valence-corrected chi connectivity index (χ4v) is 7.00. The fourth-order valence-electron chi connectivity index (χ4n) is 3.97. The van der Waals surface area contributed by atoms with E-state index in [-0.39, 0.29) is 17.0 Å². The summed E-state index contributed by atoms with van der Waals surface area (Å²) in [6.07, 6.45) is -5.74. The van der Waals surface area contributed by atoms with Crippen molar-refractivity contribution in [3.05, 3.63) is 55.1 Å².